The van der Waals surface area contributed by atoms with Crippen LogP contribution in [0.15, 0.2) is 42.7 Å². The summed E-state index contributed by atoms with van der Waals surface area (Å²) < 4.78 is 19.1. The van der Waals surface area contributed by atoms with Gasteiger partial charge in [0.15, 0.2) is 5.11 Å². The number of benzene rings is 1. The number of pyridine rings is 1. The smallest absolute Gasteiger partial charge is 0.173 e. The minimum atomic E-state index is -0.423. The minimum Gasteiger partial charge on any atom is -0.376 e. The predicted molar refractivity (Wildman–Crippen MR) is 101 cm³/mol. The van der Waals surface area contributed by atoms with Crippen LogP contribution in [0.1, 0.15) is 18.4 Å². The molecule has 1 saturated heterocycles. The zero-order valence-electron chi connectivity index (χ0n) is 13.6. The predicted octanol–water partition coefficient (Wildman–Crippen LogP) is 4.25. The van der Waals surface area contributed by atoms with Crippen molar-refractivity contribution in [3.8, 4) is 0 Å². The van der Waals surface area contributed by atoms with Crippen molar-refractivity contribution in [3.63, 3.8) is 0 Å². The maximum atomic E-state index is 13.4. The van der Waals surface area contributed by atoms with E-state index in [1.807, 2.05) is 17.0 Å². The van der Waals surface area contributed by atoms with Crippen LogP contribution in [0.4, 0.5) is 10.1 Å². The van der Waals surface area contributed by atoms with E-state index >= 15 is 0 Å². The van der Waals surface area contributed by atoms with E-state index in [9.17, 15) is 4.39 Å². The average Bonchev–Trinajstić information content (AvgIpc) is 3.11. The van der Waals surface area contributed by atoms with Crippen LogP contribution in [0.25, 0.3) is 0 Å². The molecular weight excluding hydrogens is 361 g/mol. The lowest BCUT2D eigenvalue weighted by Gasteiger charge is -2.28. The molecular formula is C18H19ClFN3OS. The number of nitrogens with one attached hydrogen (secondary N) is 1. The van der Waals surface area contributed by atoms with Crippen LogP contribution in [0.3, 0.4) is 0 Å². The first kappa shape index (κ1) is 18.0. The largest absolute Gasteiger partial charge is 0.376 e. The lowest BCUT2D eigenvalue weighted by atomic mass is 10.2. The summed E-state index contributed by atoms with van der Waals surface area (Å²) in [5.41, 5.74) is 1.76. The Kier molecular flexibility index (Phi) is 6.18. The van der Waals surface area contributed by atoms with Crippen molar-refractivity contribution < 1.29 is 9.13 Å². The van der Waals surface area contributed by atoms with Gasteiger partial charge in [-0.25, -0.2) is 4.39 Å². The van der Waals surface area contributed by atoms with Crippen LogP contribution in [-0.2, 0) is 11.3 Å². The van der Waals surface area contributed by atoms with Crippen molar-refractivity contribution in [1.82, 2.24) is 9.88 Å². The summed E-state index contributed by atoms with van der Waals surface area (Å²) in [5.74, 6) is -0.423. The Labute approximate surface area is 157 Å². The summed E-state index contributed by atoms with van der Waals surface area (Å²) in [7, 11) is 0. The van der Waals surface area contributed by atoms with E-state index in [4.69, 9.17) is 28.6 Å². The van der Waals surface area contributed by atoms with Crippen molar-refractivity contribution >= 4 is 34.6 Å². The van der Waals surface area contributed by atoms with Crippen molar-refractivity contribution in [2.75, 3.05) is 18.5 Å². The van der Waals surface area contributed by atoms with Gasteiger partial charge in [-0.05, 0) is 54.9 Å². The summed E-state index contributed by atoms with van der Waals surface area (Å²) >= 11 is 11.5. The summed E-state index contributed by atoms with van der Waals surface area (Å²) in [6.45, 7) is 1.98. The first-order valence-electron chi connectivity index (χ1n) is 8.13. The zero-order valence-corrected chi connectivity index (χ0v) is 15.2. The fourth-order valence-electron chi connectivity index (χ4n) is 2.75. The molecule has 1 aromatic heterocycles. The molecule has 0 spiro atoms. The van der Waals surface area contributed by atoms with Gasteiger partial charge >= 0.3 is 0 Å². The third-order valence-corrected chi connectivity index (χ3v) is 4.67. The topological polar surface area (TPSA) is 37.4 Å². The van der Waals surface area contributed by atoms with Gasteiger partial charge in [-0.2, -0.15) is 0 Å². The summed E-state index contributed by atoms with van der Waals surface area (Å²) in [4.78, 5) is 6.02. The Morgan fingerprint density at radius 2 is 2.16 bits per heavy atom. The molecule has 1 atom stereocenters. The highest BCUT2D eigenvalue weighted by molar-refractivity contribution is 7.80. The molecule has 0 aliphatic carbocycles. The minimum absolute atomic E-state index is 0.113. The van der Waals surface area contributed by atoms with Crippen LogP contribution in [-0.4, -0.2) is 34.3 Å². The number of rotatable bonds is 5. The lowest BCUT2D eigenvalue weighted by Crippen LogP contribution is -2.39. The first-order chi connectivity index (χ1) is 12.1. The normalized spacial score (nSPS) is 16.6. The van der Waals surface area contributed by atoms with Gasteiger partial charge in [-0.15, -0.1) is 0 Å². The van der Waals surface area contributed by atoms with Crippen LogP contribution < -0.4 is 5.32 Å². The van der Waals surface area contributed by atoms with Gasteiger partial charge in [0, 0.05) is 37.8 Å². The molecule has 0 radical (unpaired) electrons. The quantitative estimate of drug-likeness (QED) is 0.786. The number of hydrogen-bond donors (Lipinski definition) is 1. The number of aromatic nitrogens is 1. The summed E-state index contributed by atoms with van der Waals surface area (Å²) in [6, 6.07) is 8.44. The molecule has 25 heavy (non-hydrogen) atoms. The number of anilines is 1. The molecule has 1 N–H and O–H groups in total. The maximum absolute atomic E-state index is 13.4. The SMILES string of the molecule is Fc1ccc(CN(C[C@H]2CCCO2)C(=S)Nc2ccncc2)cc1Cl. The molecule has 132 valence electrons. The lowest BCUT2D eigenvalue weighted by molar-refractivity contribution is 0.0905. The second-order valence-corrected chi connectivity index (χ2v) is 6.72. The van der Waals surface area contributed by atoms with Gasteiger partial charge in [0.25, 0.3) is 0 Å². The summed E-state index contributed by atoms with van der Waals surface area (Å²) in [5, 5.41) is 3.92. The number of thiocarbonyl (C=S) groups is 1. The van der Waals surface area contributed by atoms with Crippen molar-refractivity contribution in [2.45, 2.75) is 25.5 Å². The molecule has 0 bridgehead atoms. The monoisotopic (exact) mass is 379 g/mol. The molecule has 1 aliphatic heterocycles. The van der Waals surface area contributed by atoms with Crippen LogP contribution >= 0.6 is 23.8 Å². The van der Waals surface area contributed by atoms with E-state index in [2.05, 4.69) is 10.3 Å². The van der Waals surface area contributed by atoms with Crippen molar-refractivity contribution in [1.29, 1.82) is 0 Å². The van der Waals surface area contributed by atoms with Gasteiger partial charge in [-0.3, -0.25) is 4.98 Å². The fourth-order valence-corrected chi connectivity index (χ4v) is 3.21. The Morgan fingerprint density at radius 1 is 1.36 bits per heavy atom. The van der Waals surface area contributed by atoms with Crippen LogP contribution in [0, 0.1) is 5.82 Å². The third-order valence-electron chi connectivity index (χ3n) is 4.02. The number of ether oxygens (including phenoxy) is 1. The highest BCUT2D eigenvalue weighted by atomic mass is 35.5. The molecule has 0 unspecified atom stereocenters. The first-order valence-corrected chi connectivity index (χ1v) is 8.92. The number of halogens is 2. The third kappa shape index (κ3) is 5.11. The van der Waals surface area contributed by atoms with Crippen molar-refractivity contribution in [3.05, 3.63) is 59.1 Å². The van der Waals surface area contributed by atoms with Gasteiger partial charge in [0.05, 0.1) is 11.1 Å². The maximum Gasteiger partial charge on any atom is 0.173 e. The fraction of sp³-hybridized carbons (Fsp3) is 0.333. The van der Waals surface area contributed by atoms with Crippen LogP contribution in [0.2, 0.25) is 5.02 Å². The number of hydrogen-bond acceptors (Lipinski definition) is 3. The van der Waals surface area contributed by atoms with E-state index in [1.54, 1.807) is 24.5 Å². The van der Waals surface area contributed by atoms with E-state index < -0.39 is 5.82 Å². The Balaban J connectivity index is 1.73. The highest BCUT2D eigenvalue weighted by Crippen LogP contribution is 2.20. The van der Waals surface area contributed by atoms with Gasteiger partial charge in [0.1, 0.15) is 5.82 Å². The second kappa shape index (κ2) is 8.56. The molecule has 1 aromatic carbocycles. The molecule has 1 aliphatic rings. The van der Waals surface area contributed by atoms with E-state index in [-0.39, 0.29) is 11.1 Å². The molecule has 2 heterocycles. The zero-order chi connectivity index (χ0) is 17.6. The molecule has 0 amide bonds. The molecule has 0 saturated carbocycles. The van der Waals surface area contributed by atoms with E-state index in [0.717, 1.165) is 30.7 Å². The molecule has 2 aromatic rings. The molecule has 3 rings (SSSR count). The Hall–Kier alpha value is -1.76. The summed E-state index contributed by atoms with van der Waals surface area (Å²) in [6.07, 6.45) is 5.63. The molecule has 7 heteroatoms. The molecule has 1 fully saturated rings. The highest BCUT2D eigenvalue weighted by Gasteiger charge is 2.21. The van der Waals surface area contributed by atoms with Gasteiger partial charge < -0.3 is 15.0 Å². The molecule has 4 nitrogen and oxygen atoms in total. The van der Waals surface area contributed by atoms with Gasteiger partial charge in [-0.1, -0.05) is 17.7 Å². The van der Waals surface area contributed by atoms with E-state index in [1.165, 1.54) is 6.07 Å². The Morgan fingerprint density at radius 3 is 2.84 bits per heavy atom. The second-order valence-electron chi connectivity index (χ2n) is 5.93. The van der Waals surface area contributed by atoms with Crippen LogP contribution in [0.5, 0.6) is 0 Å². The standard InChI is InChI=1S/C18H19ClFN3OS/c19-16-10-13(3-4-17(16)20)11-23(12-15-2-1-9-24-15)18(25)22-14-5-7-21-8-6-14/h3-8,10,15H,1-2,9,11-12H2,(H,21,22,25)/t15-/m1/s1. The van der Waals surface area contributed by atoms with Crippen molar-refractivity contribution in [2.24, 2.45) is 0 Å². The van der Waals surface area contributed by atoms with E-state index in [0.29, 0.717) is 18.2 Å². The average molecular weight is 380 g/mol. The number of nitrogens with zero attached hydrogens (tertiary/aromatic N) is 2. The van der Waals surface area contributed by atoms with Gasteiger partial charge in [0.2, 0.25) is 0 Å². The Bertz CT molecular complexity index is 726.